The minimum Gasteiger partial charge on any atom is -0.382 e. The van der Waals surface area contributed by atoms with Crippen LogP contribution in [0.2, 0.25) is 0 Å². The van der Waals surface area contributed by atoms with Gasteiger partial charge in [0.2, 0.25) is 5.91 Å². The molecule has 1 aromatic heterocycles. The molecule has 2 heterocycles. The van der Waals surface area contributed by atoms with Crippen LogP contribution in [-0.2, 0) is 4.79 Å². The first kappa shape index (κ1) is 12.3. The van der Waals surface area contributed by atoms with E-state index in [-0.39, 0.29) is 29.9 Å². The average Bonchev–Trinajstić information content (AvgIpc) is 2.51. The topological polar surface area (TPSA) is 92.4 Å². The highest BCUT2D eigenvalue weighted by molar-refractivity contribution is 5.95. The van der Waals surface area contributed by atoms with Gasteiger partial charge in [0.1, 0.15) is 18.1 Å². The van der Waals surface area contributed by atoms with Gasteiger partial charge in [0.05, 0.1) is 12.4 Å². The maximum Gasteiger partial charge on any atom is 0.274 e. The van der Waals surface area contributed by atoms with Gasteiger partial charge < -0.3 is 15.5 Å². The van der Waals surface area contributed by atoms with Crippen LogP contribution >= 0.6 is 0 Å². The molecule has 18 heavy (non-hydrogen) atoms. The zero-order valence-electron chi connectivity index (χ0n) is 10.2. The van der Waals surface area contributed by atoms with Gasteiger partial charge in [-0.3, -0.25) is 14.6 Å². The van der Waals surface area contributed by atoms with Crippen LogP contribution in [0.5, 0.6) is 0 Å². The molecule has 0 spiro atoms. The molecule has 1 aliphatic heterocycles. The van der Waals surface area contributed by atoms with E-state index in [1.165, 1.54) is 17.3 Å². The summed E-state index contributed by atoms with van der Waals surface area (Å²) in [6, 6.07) is 0. The fraction of sp³-hybridized carbons (Fsp3) is 0.455. The van der Waals surface area contributed by atoms with Crippen LogP contribution in [-0.4, -0.2) is 58.3 Å². The van der Waals surface area contributed by atoms with E-state index in [9.17, 15) is 9.59 Å². The minimum absolute atomic E-state index is 0.0716. The highest BCUT2D eigenvalue weighted by Gasteiger charge is 2.24. The van der Waals surface area contributed by atoms with E-state index >= 15 is 0 Å². The number of carbonyl (C=O) groups excluding carboxylic acids is 2. The molecule has 2 rings (SSSR count). The summed E-state index contributed by atoms with van der Waals surface area (Å²) in [5.41, 5.74) is 5.66. The van der Waals surface area contributed by atoms with Crippen molar-refractivity contribution < 1.29 is 9.59 Å². The number of nitrogens with zero attached hydrogens (tertiary/aromatic N) is 4. The van der Waals surface area contributed by atoms with Crippen molar-refractivity contribution in [3.63, 3.8) is 0 Å². The van der Waals surface area contributed by atoms with Crippen LogP contribution in [0.1, 0.15) is 16.9 Å². The lowest BCUT2D eigenvalue weighted by Gasteiger charge is -2.19. The molecule has 7 nitrogen and oxygen atoms in total. The standard InChI is InChI=1S/C11H15N5O2/c1-15-3-2-4-16(7-10(15)17)11(18)8-5-13-6-9(12)14-8/h5-6H,2-4,7H2,1H3,(H2,12,14). The fourth-order valence-electron chi connectivity index (χ4n) is 1.81. The third-order valence-corrected chi connectivity index (χ3v) is 2.83. The first-order valence-corrected chi connectivity index (χ1v) is 5.68. The van der Waals surface area contributed by atoms with Gasteiger partial charge in [-0.05, 0) is 6.42 Å². The van der Waals surface area contributed by atoms with Gasteiger partial charge in [-0.15, -0.1) is 0 Å². The zero-order valence-corrected chi connectivity index (χ0v) is 10.2. The van der Waals surface area contributed by atoms with Crippen molar-refractivity contribution in [1.29, 1.82) is 0 Å². The number of rotatable bonds is 1. The summed E-state index contributed by atoms with van der Waals surface area (Å²) in [6.45, 7) is 1.27. The molecule has 1 saturated heterocycles. The molecule has 2 amide bonds. The van der Waals surface area contributed by atoms with E-state index in [1.807, 2.05) is 0 Å². The Morgan fingerprint density at radius 3 is 2.89 bits per heavy atom. The van der Waals surface area contributed by atoms with Gasteiger partial charge in [0, 0.05) is 20.1 Å². The highest BCUT2D eigenvalue weighted by atomic mass is 16.2. The summed E-state index contributed by atoms with van der Waals surface area (Å²) < 4.78 is 0. The number of amides is 2. The molecule has 0 aromatic carbocycles. The molecule has 1 aromatic rings. The van der Waals surface area contributed by atoms with E-state index < -0.39 is 0 Å². The Kier molecular flexibility index (Phi) is 3.40. The van der Waals surface area contributed by atoms with Crippen molar-refractivity contribution in [2.75, 3.05) is 32.4 Å². The number of aromatic nitrogens is 2. The Morgan fingerprint density at radius 1 is 1.39 bits per heavy atom. The van der Waals surface area contributed by atoms with E-state index in [0.717, 1.165) is 6.42 Å². The molecule has 0 bridgehead atoms. The smallest absolute Gasteiger partial charge is 0.274 e. The van der Waals surface area contributed by atoms with Gasteiger partial charge in [-0.1, -0.05) is 0 Å². The normalized spacial score (nSPS) is 16.6. The van der Waals surface area contributed by atoms with E-state index in [2.05, 4.69) is 9.97 Å². The van der Waals surface area contributed by atoms with Crippen molar-refractivity contribution in [1.82, 2.24) is 19.8 Å². The lowest BCUT2D eigenvalue weighted by Crippen LogP contribution is -2.38. The monoisotopic (exact) mass is 249 g/mol. The van der Waals surface area contributed by atoms with Crippen molar-refractivity contribution >= 4 is 17.6 Å². The van der Waals surface area contributed by atoms with Gasteiger partial charge in [0.15, 0.2) is 0 Å². The number of hydrogen-bond donors (Lipinski definition) is 1. The predicted octanol–water partition coefficient (Wildman–Crippen LogP) is -0.637. The molecular formula is C11H15N5O2. The summed E-state index contributed by atoms with van der Waals surface area (Å²) in [5, 5.41) is 0. The third kappa shape index (κ3) is 2.55. The van der Waals surface area contributed by atoms with Crippen LogP contribution in [0.4, 0.5) is 5.82 Å². The Bertz CT molecular complexity index is 476. The zero-order chi connectivity index (χ0) is 13.1. The maximum absolute atomic E-state index is 12.2. The average molecular weight is 249 g/mol. The number of anilines is 1. The predicted molar refractivity (Wildman–Crippen MR) is 64.6 cm³/mol. The van der Waals surface area contributed by atoms with Crippen molar-refractivity contribution in [2.24, 2.45) is 0 Å². The second-order valence-electron chi connectivity index (χ2n) is 4.22. The Morgan fingerprint density at radius 2 is 2.17 bits per heavy atom. The molecule has 0 unspecified atom stereocenters. The largest absolute Gasteiger partial charge is 0.382 e. The molecule has 0 atom stereocenters. The summed E-state index contributed by atoms with van der Waals surface area (Å²) in [6.07, 6.45) is 3.49. The second-order valence-corrected chi connectivity index (χ2v) is 4.22. The summed E-state index contributed by atoms with van der Waals surface area (Å²) in [7, 11) is 1.73. The molecule has 0 radical (unpaired) electrons. The second kappa shape index (κ2) is 4.99. The first-order chi connectivity index (χ1) is 8.58. The summed E-state index contributed by atoms with van der Waals surface area (Å²) in [5.74, 6) is -0.185. The van der Waals surface area contributed by atoms with E-state index in [0.29, 0.717) is 13.1 Å². The van der Waals surface area contributed by atoms with Crippen LogP contribution in [0.15, 0.2) is 12.4 Å². The Hall–Kier alpha value is -2.18. The first-order valence-electron chi connectivity index (χ1n) is 5.68. The van der Waals surface area contributed by atoms with Gasteiger partial charge in [-0.25, -0.2) is 4.98 Å². The SMILES string of the molecule is CN1CCCN(C(=O)c2cncc(N)n2)CC1=O. The highest BCUT2D eigenvalue weighted by Crippen LogP contribution is 2.08. The summed E-state index contributed by atoms with van der Waals surface area (Å²) in [4.78, 5) is 34.7. The Labute approximate surface area is 105 Å². The lowest BCUT2D eigenvalue weighted by molar-refractivity contribution is -0.129. The molecule has 0 aliphatic carbocycles. The van der Waals surface area contributed by atoms with Gasteiger partial charge >= 0.3 is 0 Å². The maximum atomic E-state index is 12.2. The molecule has 96 valence electrons. The molecule has 1 aliphatic rings. The number of carbonyl (C=O) groups is 2. The van der Waals surface area contributed by atoms with E-state index in [1.54, 1.807) is 11.9 Å². The number of likely N-dealkylation sites (N-methyl/N-ethyl adjacent to an activating group) is 1. The van der Waals surface area contributed by atoms with Crippen LogP contribution in [0, 0.1) is 0 Å². The molecule has 2 N–H and O–H groups in total. The molecule has 0 saturated carbocycles. The number of nitrogens with two attached hydrogens (primary N) is 1. The fourth-order valence-corrected chi connectivity index (χ4v) is 1.81. The third-order valence-electron chi connectivity index (χ3n) is 2.83. The van der Waals surface area contributed by atoms with Crippen LogP contribution in [0.25, 0.3) is 0 Å². The molecule has 7 heteroatoms. The minimum atomic E-state index is -0.307. The lowest BCUT2D eigenvalue weighted by atomic mass is 10.3. The quantitative estimate of drug-likeness (QED) is 0.715. The van der Waals surface area contributed by atoms with Crippen molar-refractivity contribution in [3.8, 4) is 0 Å². The molecule has 1 fully saturated rings. The van der Waals surface area contributed by atoms with Crippen LogP contribution in [0.3, 0.4) is 0 Å². The Balaban J connectivity index is 2.16. The van der Waals surface area contributed by atoms with Crippen molar-refractivity contribution in [2.45, 2.75) is 6.42 Å². The van der Waals surface area contributed by atoms with Gasteiger partial charge in [-0.2, -0.15) is 0 Å². The van der Waals surface area contributed by atoms with Gasteiger partial charge in [0.25, 0.3) is 5.91 Å². The van der Waals surface area contributed by atoms with Crippen LogP contribution < -0.4 is 5.73 Å². The molecular weight excluding hydrogens is 234 g/mol. The van der Waals surface area contributed by atoms with E-state index in [4.69, 9.17) is 5.73 Å². The van der Waals surface area contributed by atoms with Crippen molar-refractivity contribution in [3.05, 3.63) is 18.1 Å². The summed E-state index contributed by atoms with van der Waals surface area (Å²) >= 11 is 0. The number of nitrogen functional groups attached to an aromatic ring is 1. The number of hydrogen-bond acceptors (Lipinski definition) is 5.